The standard InChI is InChI=1S/C17H29NS/c1-4-6-7-8-12-16(18-14-5-2)15-11-9-10-13-17(15)19-3/h9-11,13,16,18H,4-8,12,14H2,1-3H3. The monoisotopic (exact) mass is 279 g/mol. The zero-order valence-electron chi connectivity index (χ0n) is 12.7. The number of nitrogens with one attached hydrogen (secondary N) is 1. The van der Waals surface area contributed by atoms with E-state index in [2.05, 4.69) is 49.7 Å². The van der Waals surface area contributed by atoms with Gasteiger partial charge in [0.1, 0.15) is 0 Å². The van der Waals surface area contributed by atoms with Gasteiger partial charge in [-0.2, -0.15) is 0 Å². The Balaban J connectivity index is 2.65. The smallest absolute Gasteiger partial charge is 0.0331 e. The fraction of sp³-hybridized carbons (Fsp3) is 0.647. The minimum absolute atomic E-state index is 0.528. The largest absolute Gasteiger partial charge is 0.310 e. The van der Waals surface area contributed by atoms with E-state index in [-0.39, 0.29) is 0 Å². The number of hydrogen-bond donors (Lipinski definition) is 1. The van der Waals surface area contributed by atoms with Gasteiger partial charge in [0.25, 0.3) is 0 Å². The number of rotatable bonds is 10. The highest BCUT2D eigenvalue weighted by Crippen LogP contribution is 2.29. The molecular weight excluding hydrogens is 250 g/mol. The maximum atomic E-state index is 3.72. The average Bonchev–Trinajstić information content (AvgIpc) is 2.46. The molecule has 0 aromatic heterocycles. The van der Waals surface area contributed by atoms with E-state index in [1.165, 1.54) is 49.0 Å². The van der Waals surface area contributed by atoms with Gasteiger partial charge in [-0.05, 0) is 37.3 Å². The summed E-state index contributed by atoms with van der Waals surface area (Å²) in [5.74, 6) is 0. The summed E-state index contributed by atoms with van der Waals surface area (Å²) < 4.78 is 0. The number of unbranched alkanes of at least 4 members (excludes halogenated alkanes) is 3. The molecule has 1 rings (SSSR count). The number of hydrogen-bond acceptors (Lipinski definition) is 2. The molecule has 0 saturated heterocycles. The van der Waals surface area contributed by atoms with Crippen molar-refractivity contribution in [2.45, 2.75) is 63.3 Å². The maximum Gasteiger partial charge on any atom is 0.0331 e. The molecule has 1 unspecified atom stereocenters. The van der Waals surface area contributed by atoms with Gasteiger partial charge in [0.05, 0.1) is 0 Å². The van der Waals surface area contributed by atoms with E-state index in [9.17, 15) is 0 Å². The Bertz CT molecular complexity index is 338. The first-order valence-electron chi connectivity index (χ1n) is 7.69. The molecule has 19 heavy (non-hydrogen) atoms. The van der Waals surface area contributed by atoms with Gasteiger partial charge in [0.2, 0.25) is 0 Å². The van der Waals surface area contributed by atoms with Crippen LogP contribution in [-0.2, 0) is 0 Å². The van der Waals surface area contributed by atoms with Gasteiger partial charge in [-0.15, -0.1) is 11.8 Å². The fourth-order valence-electron chi connectivity index (χ4n) is 2.42. The lowest BCUT2D eigenvalue weighted by Gasteiger charge is -2.21. The highest BCUT2D eigenvalue weighted by molar-refractivity contribution is 7.98. The molecule has 1 aromatic rings. The third-order valence-electron chi connectivity index (χ3n) is 3.50. The van der Waals surface area contributed by atoms with Crippen molar-refractivity contribution < 1.29 is 0 Å². The van der Waals surface area contributed by atoms with E-state index < -0.39 is 0 Å². The second-order valence-electron chi connectivity index (χ2n) is 5.10. The summed E-state index contributed by atoms with van der Waals surface area (Å²) in [4.78, 5) is 1.42. The second kappa shape index (κ2) is 10.3. The van der Waals surface area contributed by atoms with Gasteiger partial charge in [0.15, 0.2) is 0 Å². The van der Waals surface area contributed by atoms with Crippen molar-refractivity contribution in [3.05, 3.63) is 29.8 Å². The molecule has 1 N–H and O–H groups in total. The second-order valence-corrected chi connectivity index (χ2v) is 5.95. The first kappa shape index (κ1) is 16.6. The van der Waals surface area contributed by atoms with E-state index in [1.54, 1.807) is 0 Å². The first-order valence-corrected chi connectivity index (χ1v) is 8.92. The Labute approximate surface area is 123 Å². The van der Waals surface area contributed by atoms with E-state index in [0.717, 1.165) is 6.54 Å². The number of thioether (sulfide) groups is 1. The van der Waals surface area contributed by atoms with Crippen LogP contribution in [0.1, 0.15) is 64.0 Å². The van der Waals surface area contributed by atoms with E-state index >= 15 is 0 Å². The van der Waals surface area contributed by atoms with Crippen LogP contribution in [0.3, 0.4) is 0 Å². The summed E-state index contributed by atoms with van der Waals surface area (Å²) >= 11 is 1.86. The molecule has 0 bridgehead atoms. The lowest BCUT2D eigenvalue weighted by molar-refractivity contribution is 0.465. The summed E-state index contributed by atoms with van der Waals surface area (Å²) in [6.45, 7) is 5.62. The molecule has 0 spiro atoms. The Morgan fingerprint density at radius 1 is 1.05 bits per heavy atom. The van der Waals surface area contributed by atoms with Crippen molar-refractivity contribution in [1.82, 2.24) is 5.32 Å². The predicted octanol–water partition coefficient (Wildman–Crippen LogP) is 5.42. The summed E-state index contributed by atoms with van der Waals surface area (Å²) in [5.41, 5.74) is 1.49. The molecule has 0 saturated carbocycles. The van der Waals surface area contributed by atoms with Crippen LogP contribution in [-0.4, -0.2) is 12.8 Å². The summed E-state index contributed by atoms with van der Waals surface area (Å²) in [5, 5.41) is 3.72. The molecule has 1 aromatic carbocycles. The van der Waals surface area contributed by atoms with Gasteiger partial charge in [0, 0.05) is 10.9 Å². The van der Waals surface area contributed by atoms with E-state index in [4.69, 9.17) is 0 Å². The van der Waals surface area contributed by atoms with Crippen LogP contribution in [0.15, 0.2) is 29.2 Å². The van der Waals surface area contributed by atoms with E-state index in [1.807, 2.05) is 11.8 Å². The Morgan fingerprint density at radius 3 is 2.53 bits per heavy atom. The van der Waals surface area contributed by atoms with Crippen LogP contribution in [0.5, 0.6) is 0 Å². The molecule has 0 radical (unpaired) electrons. The molecule has 0 amide bonds. The van der Waals surface area contributed by atoms with Crippen molar-refractivity contribution in [1.29, 1.82) is 0 Å². The number of benzene rings is 1. The molecule has 0 fully saturated rings. The van der Waals surface area contributed by atoms with Gasteiger partial charge in [-0.1, -0.05) is 57.7 Å². The highest BCUT2D eigenvalue weighted by Gasteiger charge is 2.13. The quantitative estimate of drug-likeness (QED) is 0.453. The zero-order valence-corrected chi connectivity index (χ0v) is 13.6. The molecule has 0 heterocycles. The molecule has 108 valence electrons. The minimum atomic E-state index is 0.528. The average molecular weight is 279 g/mol. The van der Waals surface area contributed by atoms with Crippen LogP contribution in [0.25, 0.3) is 0 Å². The molecule has 0 aliphatic heterocycles. The minimum Gasteiger partial charge on any atom is -0.310 e. The van der Waals surface area contributed by atoms with Crippen LogP contribution in [0.2, 0.25) is 0 Å². The van der Waals surface area contributed by atoms with Crippen molar-refractivity contribution in [2.75, 3.05) is 12.8 Å². The van der Waals surface area contributed by atoms with Crippen molar-refractivity contribution in [3.63, 3.8) is 0 Å². The van der Waals surface area contributed by atoms with Gasteiger partial charge in [-0.3, -0.25) is 0 Å². The summed E-state index contributed by atoms with van der Waals surface area (Å²) in [7, 11) is 0. The maximum absolute atomic E-state index is 3.72. The van der Waals surface area contributed by atoms with Gasteiger partial charge < -0.3 is 5.32 Å². The van der Waals surface area contributed by atoms with Crippen LogP contribution >= 0.6 is 11.8 Å². The lowest BCUT2D eigenvalue weighted by Crippen LogP contribution is -2.22. The molecule has 2 heteroatoms. The van der Waals surface area contributed by atoms with Crippen molar-refractivity contribution in [3.8, 4) is 0 Å². The molecule has 1 nitrogen and oxygen atoms in total. The fourth-order valence-corrected chi connectivity index (χ4v) is 3.08. The van der Waals surface area contributed by atoms with Crippen LogP contribution in [0.4, 0.5) is 0 Å². The molecule has 0 aliphatic rings. The summed E-state index contributed by atoms with van der Waals surface area (Å²) in [6.07, 6.45) is 10.0. The summed E-state index contributed by atoms with van der Waals surface area (Å²) in [6, 6.07) is 9.37. The molecule has 0 aliphatic carbocycles. The zero-order chi connectivity index (χ0) is 13.9. The topological polar surface area (TPSA) is 12.0 Å². The van der Waals surface area contributed by atoms with Crippen LogP contribution < -0.4 is 5.32 Å². The SMILES string of the molecule is CCCCCCC(NCCC)c1ccccc1SC. The van der Waals surface area contributed by atoms with E-state index in [0.29, 0.717) is 6.04 Å². The van der Waals surface area contributed by atoms with Crippen LogP contribution in [0, 0.1) is 0 Å². The lowest BCUT2D eigenvalue weighted by atomic mass is 9.99. The molecule has 1 atom stereocenters. The van der Waals surface area contributed by atoms with Crippen molar-refractivity contribution in [2.24, 2.45) is 0 Å². The predicted molar refractivity (Wildman–Crippen MR) is 88.0 cm³/mol. The van der Waals surface area contributed by atoms with Crippen molar-refractivity contribution >= 4 is 11.8 Å². The Kier molecular flexibility index (Phi) is 9.02. The Hall–Kier alpha value is -0.470. The third kappa shape index (κ3) is 6.01. The Morgan fingerprint density at radius 2 is 1.84 bits per heavy atom. The van der Waals surface area contributed by atoms with Gasteiger partial charge in [-0.25, -0.2) is 0 Å². The first-order chi connectivity index (χ1) is 9.33. The third-order valence-corrected chi connectivity index (χ3v) is 4.31. The normalized spacial score (nSPS) is 12.6. The molecular formula is C17H29NS. The van der Waals surface area contributed by atoms with Gasteiger partial charge >= 0.3 is 0 Å². The highest BCUT2D eigenvalue weighted by atomic mass is 32.2.